The molecule has 0 saturated carbocycles. The molecule has 0 radical (unpaired) electrons. The summed E-state index contributed by atoms with van der Waals surface area (Å²) in [6.45, 7) is 4.51. The van der Waals surface area contributed by atoms with Crippen LogP contribution in [0, 0.1) is 0 Å². The van der Waals surface area contributed by atoms with E-state index in [-0.39, 0.29) is 12.5 Å². The van der Waals surface area contributed by atoms with E-state index < -0.39 is 26.6 Å². The quantitative estimate of drug-likeness (QED) is 0.0272. The van der Waals surface area contributed by atoms with Gasteiger partial charge in [-0.25, -0.2) is 0 Å². The standard InChI is InChI=1S/C86H147N2O6P/c1-6-8-10-12-14-16-18-20-22-24-26-28-30-32-34-36-38-40-41-42-43-44-45-46-47-48-50-52-54-56-58-60-62-64-66-68-70-72-74-76-78-80-86(90)87-84(83-94-95(91,92)93-82-81-88(3,4)5)85(89)79-77-75-73-71-69-67-65-63-61-59-57-55-53-51-49-39-37-35-33-31-29-27-25-23-21-19-17-15-13-11-9-7-2/h8,10,14,16,20,22,26,28,32,34,38,40,42-43,45-46,48,50,54,56,60-63,69,71,77,79,84-85,89H,6-7,9,11-13,15,17-19,21,23-25,27,29-31,33,35-37,39,41,44,47,49,51-53,55,57-59,64-68,70,72-76,78,80-83H2,1-5H3,(H-,87,90,91,92)/b10-8-,16-14-,22-20-,28-26-,34-32-,40-38-,43-42-,46-45-,50-48-,56-54-,62-60-,63-61+,71-69+,79-77+. The molecule has 9 heteroatoms. The molecular formula is C86H147N2O6P. The summed E-state index contributed by atoms with van der Waals surface area (Å²) in [7, 11) is 1.21. The number of amides is 1. The zero-order valence-corrected chi connectivity index (χ0v) is 63.0. The van der Waals surface area contributed by atoms with Crippen LogP contribution in [-0.4, -0.2) is 68.5 Å². The Bertz CT molecular complexity index is 2160. The van der Waals surface area contributed by atoms with Crippen LogP contribution >= 0.6 is 7.82 Å². The largest absolute Gasteiger partial charge is 0.756 e. The van der Waals surface area contributed by atoms with Gasteiger partial charge in [-0.1, -0.05) is 351 Å². The third-order valence-electron chi connectivity index (χ3n) is 16.6. The van der Waals surface area contributed by atoms with Crippen molar-refractivity contribution in [2.24, 2.45) is 0 Å². The van der Waals surface area contributed by atoms with Crippen molar-refractivity contribution in [1.82, 2.24) is 5.32 Å². The smallest absolute Gasteiger partial charge is 0.268 e. The van der Waals surface area contributed by atoms with Gasteiger partial charge in [-0.3, -0.25) is 9.36 Å². The van der Waals surface area contributed by atoms with Gasteiger partial charge in [0.05, 0.1) is 39.9 Å². The molecule has 1 amide bonds. The highest BCUT2D eigenvalue weighted by Gasteiger charge is 2.23. The van der Waals surface area contributed by atoms with Crippen LogP contribution in [0.2, 0.25) is 0 Å². The predicted octanol–water partition coefficient (Wildman–Crippen LogP) is 25.2. The third kappa shape index (κ3) is 77.1. The predicted molar refractivity (Wildman–Crippen MR) is 417 cm³/mol. The number of carbonyl (C=O) groups excluding carboxylic acids is 1. The van der Waals surface area contributed by atoms with E-state index in [2.05, 4.69) is 177 Å². The van der Waals surface area contributed by atoms with E-state index in [1.807, 2.05) is 27.2 Å². The summed E-state index contributed by atoms with van der Waals surface area (Å²) in [4.78, 5) is 25.7. The van der Waals surface area contributed by atoms with Gasteiger partial charge in [-0.2, -0.15) is 0 Å². The highest BCUT2D eigenvalue weighted by Crippen LogP contribution is 2.38. The molecule has 0 aromatic rings. The fraction of sp³-hybridized carbons (Fsp3) is 0.663. The molecule has 0 heterocycles. The molecule has 95 heavy (non-hydrogen) atoms. The Balaban J connectivity index is 4.17. The molecule has 0 aliphatic rings. The number of phosphoric acid groups is 1. The van der Waals surface area contributed by atoms with Gasteiger partial charge in [0.1, 0.15) is 13.2 Å². The molecule has 0 saturated heterocycles. The molecule has 8 nitrogen and oxygen atoms in total. The first-order chi connectivity index (χ1) is 46.5. The Morgan fingerprint density at radius 3 is 0.979 bits per heavy atom. The zero-order chi connectivity index (χ0) is 69.0. The van der Waals surface area contributed by atoms with Crippen molar-refractivity contribution in [1.29, 1.82) is 0 Å². The van der Waals surface area contributed by atoms with Crippen LogP contribution in [0.25, 0.3) is 0 Å². The number of unbranched alkanes of at least 4 members (excludes halogenated alkanes) is 31. The lowest BCUT2D eigenvalue weighted by molar-refractivity contribution is -0.870. The maximum atomic E-state index is 13.1. The number of phosphoric ester groups is 1. The number of rotatable bonds is 70. The molecule has 542 valence electrons. The molecule has 0 aliphatic heterocycles. The first-order valence-electron chi connectivity index (χ1n) is 39.0. The second-order valence-electron chi connectivity index (χ2n) is 27.0. The van der Waals surface area contributed by atoms with E-state index in [1.165, 1.54) is 167 Å². The van der Waals surface area contributed by atoms with Crippen molar-refractivity contribution >= 4 is 13.7 Å². The molecule has 0 spiro atoms. The van der Waals surface area contributed by atoms with Crippen LogP contribution in [0.3, 0.4) is 0 Å². The van der Waals surface area contributed by atoms with Crippen LogP contribution in [0.15, 0.2) is 170 Å². The van der Waals surface area contributed by atoms with Crippen molar-refractivity contribution in [3.8, 4) is 0 Å². The fourth-order valence-electron chi connectivity index (χ4n) is 10.7. The maximum Gasteiger partial charge on any atom is 0.268 e. The maximum absolute atomic E-state index is 13.1. The Morgan fingerprint density at radius 1 is 0.379 bits per heavy atom. The summed E-state index contributed by atoms with van der Waals surface area (Å²) in [5.41, 5.74) is 0. The fourth-order valence-corrected chi connectivity index (χ4v) is 11.4. The van der Waals surface area contributed by atoms with Crippen molar-refractivity contribution in [3.05, 3.63) is 170 Å². The summed E-state index contributed by atoms with van der Waals surface area (Å²) >= 11 is 0. The van der Waals surface area contributed by atoms with E-state index in [0.29, 0.717) is 17.4 Å². The summed E-state index contributed by atoms with van der Waals surface area (Å²) in [5.74, 6) is -0.227. The number of hydrogen-bond acceptors (Lipinski definition) is 6. The third-order valence-corrected chi connectivity index (χ3v) is 17.6. The average Bonchev–Trinajstić information content (AvgIpc) is 2.01. The lowest BCUT2D eigenvalue weighted by Gasteiger charge is -2.29. The van der Waals surface area contributed by atoms with Crippen molar-refractivity contribution in [2.45, 2.75) is 328 Å². The van der Waals surface area contributed by atoms with Gasteiger partial charge < -0.3 is 28.8 Å². The minimum absolute atomic E-state index is 0.0198. The lowest BCUT2D eigenvalue weighted by atomic mass is 10.0. The number of hydrogen-bond donors (Lipinski definition) is 2. The van der Waals surface area contributed by atoms with E-state index >= 15 is 0 Å². The molecule has 0 aromatic carbocycles. The second kappa shape index (κ2) is 74.1. The molecule has 0 bridgehead atoms. The topological polar surface area (TPSA) is 108 Å². The van der Waals surface area contributed by atoms with Crippen molar-refractivity contribution in [3.63, 3.8) is 0 Å². The van der Waals surface area contributed by atoms with Crippen LogP contribution in [0.1, 0.15) is 316 Å². The molecular weight excluding hydrogens is 1190 g/mol. The van der Waals surface area contributed by atoms with Gasteiger partial charge in [0, 0.05) is 6.42 Å². The zero-order valence-electron chi connectivity index (χ0n) is 62.1. The van der Waals surface area contributed by atoms with Gasteiger partial charge >= 0.3 is 0 Å². The number of nitrogens with one attached hydrogen (secondary N) is 1. The number of allylic oxidation sites excluding steroid dienone is 27. The highest BCUT2D eigenvalue weighted by molar-refractivity contribution is 7.45. The van der Waals surface area contributed by atoms with Crippen LogP contribution in [0.4, 0.5) is 0 Å². The van der Waals surface area contributed by atoms with E-state index in [9.17, 15) is 19.4 Å². The highest BCUT2D eigenvalue weighted by atomic mass is 31.2. The number of nitrogens with zero attached hydrogens (tertiary/aromatic N) is 1. The number of carbonyl (C=O) groups is 1. The van der Waals surface area contributed by atoms with Gasteiger partial charge in [-0.05, 0) is 128 Å². The van der Waals surface area contributed by atoms with E-state index in [1.54, 1.807) is 6.08 Å². The van der Waals surface area contributed by atoms with Crippen molar-refractivity contribution < 1.29 is 32.9 Å². The van der Waals surface area contributed by atoms with E-state index in [4.69, 9.17) is 9.05 Å². The van der Waals surface area contributed by atoms with Crippen LogP contribution in [0.5, 0.6) is 0 Å². The van der Waals surface area contributed by atoms with Gasteiger partial charge in [0.25, 0.3) is 7.82 Å². The molecule has 3 unspecified atom stereocenters. The number of quaternary nitrogens is 1. The summed E-state index contributed by atoms with van der Waals surface area (Å²) in [6, 6.07) is -0.931. The molecule has 0 aliphatic carbocycles. The Hall–Kier alpha value is -4.14. The summed E-state index contributed by atoms with van der Waals surface area (Å²) < 4.78 is 23.5. The number of aliphatic hydroxyl groups excluding tert-OH is 1. The Labute approximate surface area is 587 Å². The normalized spacial score (nSPS) is 14.5. The first kappa shape index (κ1) is 90.9. The average molecular weight is 1340 g/mol. The van der Waals surface area contributed by atoms with Gasteiger partial charge in [0.15, 0.2) is 0 Å². The van der Waals surface area contributed by atoms with E-state index in [0.717, 1.165) is 128 Å². The summed E-state index contributed by atoms with van der Waals surface area (Å²) in [5, 5.41) is 14.0. The molecule has 3 atom stereocenters. The Morgan fingerprint density at radius 2 is 0.653 bits per heavy atom. The minimum Gasteiger partial charge on any atom is -0.756 e. The number of aliphatic hydroxyl groups is 1. The molecule has 2 N–H and O–H groups in total. The molecule has 0 rings (SSSR count). The Kier molecular flexibility index (Phi) is 70.9. The van der Waals surface area contributed by atoms with Crippen LogP contribution < -0.4 is 10.2 Å². The van der Waals surface area contributed by atoms with Crippen molar-refractivity contribution in [2.75, 3.05) is 40.9 Å². The van der Waals surface area contributed by atoms with Gasteiger partial charge in [0.2, 0.25) is 5.91 Å². The first-order valence-corrected chi connectivity index (χ1v) is 40.5. The molecule has 0 aromatic heterocycles. The minimum atomic E-state index is -4.64. The second-order valence-corrected chi connectivity index (χ2v) is 28.4. The van der Waals surface area contributed by atoms with Crippen LogP contribution in [-0.2, 0) is 18.4 Å². The molecule has 0 fully saturated rings. The van der Waals surface area contributed by atoms with Gasteiger partial charge in [-0.15, -0.1) is 0 Å². The number of likely N-dealkylation sites (N-methyl/N-ethyl adjacent to an activating group) is 1. The monoisotopic (exact) mass is 1340 g/mol. The lowest BCUT2D eigenvalue weighted by Crippen LogP contribution is -2.45. The summed E-state index contributed by atoms with van der Waals surface area (Å²) in [6.07, 6.45) is 116. The SMILES string of the molecule is CC/C=C\C/C=C\C/C=C\C/C=C\C/C=C\C/C=C\C/C=C\C/C=C\C/C=C\C/C=C\C/C=C\CCCCCCCCCC(=O)NC(COP(=O)([O-])OCC[N+](C)(C)C)C(O)/C=C/CC/C=C/CC/C=C/CCCCCCCCCCCCCCCCCCCCCCCC.